The smallest absolute Gasteiger partial charge is 0.466 e. The van der Waals surface area contributed by atoms with Gasteiger partial charge in [-0.15, -0.1) is 0 Å². The molecule has 90 valence electrons. The topological polar surface area (TPSA) is 144 Å². The van der Waals surface area contributed by atoms with Crippen LogP contribution in [0.3, 0.4) is 0 Å². The molecule has 0 atom stereocenters. The van der Waals surface area contributed by atoms with Crippen LogP contribution in [0.1, 0.15) is 19.8 Å². The number of nitrogens with one attached hydrogen (secondary N) is 1. The lowest BCUT2D eigenvalue weighted by Gasteiger charge is -1.97. The van der Waals surface area contributed by atoms with E-state index in [2.05, 4.69) is 5.32 Å². The molecule has 0 saturated heterocycles. The zero-order chi connectivity index (χ0) is 12.5. The maximum atomic E-state index is 10.2. The second kappa shape index (κ2) is 8.37. The Hall–Kier alpha value is -0.950. The van der Waals surface area contributed by atoms with Gasteiger partial charge in [0, 0.05) is 19.9 Å². The number of carboxylic acids is 1. The fourth-order valence-electron chi connectivity index (χ4n) is 0.504. The van der Waals surface area contributed by atoms with Crippen LogP contribution in [0, 0.1) is 0 Å². The Bertz CT molecular complexity index is 224. The maximum Gasteiger partial charge on any atom is 0.466 e. The largest absolute Gasteiger partial charge is 0.481 e. The third-order valence-corrected chi connectivity index (χ3v) is 0.941. The van der Waals surface area contributed by atoms with Crippen molar-refractivity contribution in [1.82, 2.24) is 5.32 Å². The van der Waals surface area contributed by atoms with Crippen molar-refractivity contribution < 1.29 is 33.9 Å². The molecule has 0 aromatic carbocycles. The molecule has 0 saturated carbocycles. The Morgan fingerprint density at radius 1 is 1.27 bits per heavy atom. The van der Waals surface area contributed by atoms with E-state index < -0.39 is 13.8 Å². The Morgan fingerprint density at radius 3 is 1.93 bits per heavy atom. The monoisotopic (exact) mass is 243 g/mol. The number of phosphoric acid groups is 1. The number of aliphatic carboxylic acids is 1. The van der Waals surface area contributed by atoms with Gasteiger partial charge in [-0.3, -0.25) is 9.59 Å². The number of rotatable bonds is 4. The van der Waals surface area contributed by atoms with E-state index in [1.54, 1.807) is 0 Å². The third kappa shape index (κ3) is 43.5. The fourth-order valence-corrected chi connectivity index (χ4v) is 0.504. The lowest BCUT2D eigenvalue weighted by molar-refractivity contribution is -0.137. The molecule has 9 heteroatoms. The van der Waals surface area contributed by atoms with E-state index in [1.807, 2.05) is 0 Å². The van der Waals surface area contributed by atoms with Gasteiger partial charge in [-0.05, 0) is 6.42 Å². The summed E-state index contributed by atoms with van der Waals surface area (Å²) in [5.74, 6) is -0.948. The summed E-state index contributed by atoms with van der Waals surface area (Å²) in [5, 5.41) is 10.7. The second-order valence-corrected chi connectivity index (χ2v) is 3.52. The highest BCUT2D eigenvalue weighted by Crippen LogP contribution is 2.25. The lowest BCUT2D eigenvalue weighted by Crippen LogP contribution is -2.21. The summed E-state index contributed by atoms with van der Waals surface area (Å²) in [6.07, 6.45) is 0.606. The molecule has 1 amide bonds. The molecule has 0 aromatic heterocycles. The average molecular weight is 243 g/mol. The van der Waals surface area contributed by atoms with Gasteiger partial charge in [0.2, 0.25) is 5.91 Å². The van der Waals surface area contributed by atoms with Crippen molar-refractivity contribution in [2.75, 3.05) is 6.54 Å². The Labute approximate surface area is 86.2 Å². The first-order valence-electron chi connectivity index (χ1n) is 3.87. The highest BCUT2D eigenvalue weighted by Gasteiger charge is 2.00. The van der Waals surface area contributed by atoms with Crippen molar-refractivity contribution in [1.29, 1.82) is 0 Å². The van der Waals surface area contributed by atoms with Gasteiger partial charge >= 0.3 is 13.8 Å². The molecule has 0 bridgehead atoms. The first kappa shape index (κ1) is 16.5. The van der Waals surface area contributed by atoms with E-state index >= 15 is 0 Å². The van der Waals surface area contributed by atoms with Crippen molar-refractivity contribution in [3.05, 3.63) is 0 Å². The summed E-state index contributed by atoms with van der Waals surface area (Å²) < 4.78 is 8.88. The van der Waals surface area contributed by atoms with Crippen LogP contribution < -0.4 is 5.32 Å². The number of carbonyl (C=O) groups excluding carboxylic acids is 1. The van der Waals surface area contributed by atoms with Gasteiger partial charge in [-0.2, -0.15) is 0 Å². The summed E-state index contributed by atoms with van der Waals surface area (Å²) in [6.45, 7) is 1.85. The van der Waals surface area contributed by atoms with E-state index in [0.717, 1.165) is 0 Å². The van der Waals surface area contributed by atoms with Crippen LogP contribution in [0.5, 0.6) is 0 Å². The molecule has 0 aliphatic rings. The van der Waals surface area contributed by atoms with Crippen LogP contribution in [0.4, 0.5) is 0 Å². The molecule has 0 aromatic rings. The van der Waals surface area contributed by atoms with Crippen molar-refractivity contribution in [3.63, 3.8) is 0 Å². The predicted molar refractivity (Wildman–Crippen MR) is 49.8 cm³/mol. The van der Waals surface area contributed by atoms with E-state index in [9.17, 15) is 9.59 Å². The quantitative estimate of drug-likeness (QED) is 0.316. The highest BCUT2D eigenvalue weighted by atomic mass is 31.2. The molecule has 15 heavy (non-hydrogen) atoms. The molecule has 0 heterocycles. The van der Waals surface area contributed by atoms with Crippen molar-refractivity contribution in [3.8, 4) is 0 Å². The van der Waals surface area contributed by atoms with Gasteiger partial charge in [0.25, 0.3) is 0 Å². The number of hydrogen-bond donors (Lipinski definition) is 5. The highest BCUT2D eigenvalue weighted by molar-refractivity contribution is 7.45. The van der Waals surface area contributed by atoms with Gasteiger partial charge in [0.1, 0.15) is 0 Å². The van der Waals surface area contributed by atoms with Crippen LogP contribution >= 0.6 is 7.82 Å². The normalized spacial score (nSPS) is 9.87. The minimum Gasteiger partial charge on any atom is -0.481 e. The van der Waals surface area contributed by atoms with Gasteiger partial charge < -0.3 is 25.1 Å². The fraction of sp³-hybridized carbons (Fsp3) is 0.667. The van der Waals surface area contributed by atoms with Crippen LogP contribution in [-0.4, -0.2) is 38.2 Å². The summed E-state index contributed by atoms with van der Waals surface area (Å²) in [4.78, 5) is 41.7. The SMILES string of the molecule is CC(=O)NCCCC(=O)O.O=P(O)(O)O. The Kier molecular flexibility index (Phi) is 9.19. The van der Waals surface area contributed by atoms with Gasteiger partial charge in [0.05, 0.1) is 0 Å². The molecule has 0 radical (unpaired) electrons. The molecule has 0 aliphatic heterocycles. The summed E-state index contributed by atoms with van der Waals surface area (Å²) >= 11 is 0. The molecule has 0 spiro atoms. The summed E-state index contributed by atoms with van der Waals surface area (Å²) in [6, 6.07) is 0. The second-order valence-electron chi connectivity index (χ2n) is 2.49. The zero-order valence-electron chi connectivity index (χ0n) is 8.08. The number of carbonyl (C=O) groups is 2. The Balaban J connectivity index is 0. The van der Waals surface area contributed by atoms with E-state index in [4.69, 9.17) is 24.4 Å². The first-order chi connectivity index (χ1) is 6.63. The van der Waals surface area contributed by atoms with E-state index in [0.29, 0.717) is 13.0 Å². The average Bonchev–Trinajstić information content (AvgIpc) is 1.94. The van der Waals surface area contributed by atoms with Crippen LogP contribution in [0.25, 0.3) is 0 Å². The maximum absolute atomic E-state index is 10.2. The van der Waals surface area contributed by atoms with Gasteiger partial charge in [0.15, 0.2) is 0 Å². The van der Waals surface area contributed by atoms with Crippen LogP contribution in [0.2, 0.25) is 0 Å². The molecule has 8 nitrogen and oxygen atoms in total. The minimum absolute atomic E-state index is 0.111. The lowest BCUT2D eigenvalue weighted by atomic mass is 10.3. The van der Waals surface area contributed by atoms with Crippen LogP contribution in [-0.2, 0) is 14.2 Å². The van der Waals surface area contributed by atoms with Crippen molar-refractivity contribution in [2.45, 2.75) is 19.8 Å². The van der Waals surface area contributed by atoms with E-state index in [1.165, 1.54) is 6.92 Å². The molecule has 0 fully saturated rings. The van der Waals surface area contributed by atoms with Gasteiger partial charge in [-0.1, -0.05) is 0 Å². The number of hydrogen-bond acceptors (Lipinski definition) is 3. The minimum atomic E-state index is -4.64. The molecule has 0 aliphatic carbocycles. The number of carboxylic acid groups (broad SMARTS) is 1. The molecule has 0 unspecified atom stereocenters. The number of amides is 1. The van der Waals surface area contributed by atoms with E-state index in [-0.39, 0.29) is 12.3 Å². The summed E-state index contributed by atoms with van der Waals surface area (Å²) in [5.41, 5.74) is 0. The van der Waals surface area contributed by atoms with Crippen molar-refractivity contribution >= 4 is 19.7 Å². The molecule has 5 N–H and O–H groups in total. The van der Waals surface area contributed by atoms with Crippen molar-refractivity contribution in [2.24, 2.45) is 0 Å². The molecular formula is C6H14NO7P. The standard InChI is InChI=1S/C6H11NO3.H3O4P/c1-5(8)7-4-2-3-6(9)10;1-5(2,3)4/h2-4H2,1H3,(H,7,8)(H,9,10);(H3,1,2,3,4). The Morgan fingerprint density at radius 2 is 1.67 bits per heavy atom. The summed E-state index contributed by atoms with van der Waals surface area (Å²) in [7, 11) is -4.64. The zero-order valence-corrected chi connectivity index (χ0v) is 8.98. The molecular weight excluding hydrogens is 229 g/mol. The first-order valence-corrected chi connectivity index (χ1v) is 5.44. The van der Waals surface area contributed by atoms with Crippen LogP contribution in [0.15, 0.2) is 0 Å². The van der Waals surface area contributed by atoms with Gasteiger partial charge in [-0.25, -0.2) is 4.57 Å². The predicted octanol–water partition coefficient (Wildman–Crippen LogP) is -0.941. The molecule has 0 rings (SSSR count). The third-order valence-electron chi connectivity index (χ3n) is 0.941.